The molecule has 10 heavy (non-hydrogen) atoms. The molecule has 2 N–H and O–H groups in total. The Labute approximate surface area is 62.9 Å². The van der Waals surface area contributed by atoms with Gasteiger partial charge in [-0.3, -0.25) is 0 Å². The van der Waals surface area contributed by atoms with Gasteiger partial charge in [0, 0.05) is 12.6 Å². The van der Waals surface area contributed by atoms with Crippen molar-refractivity contribution < 1.29 is 5.11 Å². The third-order valence-corrected chi connectivity index (χ3v) is 1.75. The molecule has 0 saturated heterocycles. The lowest BCUT2D eigenvalue weighted by Crippen LogP contribution is -2.32. The van der Waals surface area contributed by atoms with E-state index in [1.54, 1.807) is 6.20 Å². The van der Waals surface area contributed by atoms with Gasteiger partial charge in [0.15, 0.2) is 0 Å². The Hall–Kier alpha value is -0.500. The molecule has 0 unspecified atom stereocenters. The first-order valence-corrected chi connectivity index (χ1v) is 3.74. The van der Waals surface area contributed by atoms with Gasteiger partial charge in [0.25, 0.3) is 0 Å². The molecule has 0 aromatic rings. The molecular weight excluding hydrogens is 126 g/mol. The van der Waals surface area contributed by atoms with Gasteiger partial charge in [-0.1, -0.05) is 20.4 Å². The molecule has 0 aliphatic rings. The van der Waals surface area contributed by atoms with Gasteiger partial charge >= 0.3 is 0 Å². The molecule has 0 radical (unpaired) electrons. The van der Waals surface area contributed by atoms with E-state index < -0.39 is 0 Å². The van der Waals surface area contributed by atoms with E-state index in [0.29, 0.717) is 12.0 Å². The zero-order valence-electron chi connectivity index (χ0n) is 6.80. The maximum atomic E-state index is 8.79. The Morgan fingerprint density at radius 1 is 1.70 bits per heavy atom. The molecule has 60 valence electrons. The molecule has 0 aliphatic heterocycles. The Balaban J connectivity index is 3.67. The summed E-state index contributed by atoms with van der Waals surface area (Å²) in [5.41, 5.74) is 0. The van der Waals surface area contributed by atoms with Crippen LogP contribution in [0.15, 0.2) is 12.8 Å². The van der Waals surface area contributed by atoms with E-state index in [0.717, 1.165) is 6.42 Å². The predicted molar refractivity (Wildman–Crippen MR) is 43.7 cm³/mol. The third-order valence-electron chi connectivity index (χ3n) is 1.75. The van der Waals surface area contributed by atoms with Crippen LogP contribution in [0.4, 0.5) is 0 Å². The summed E-state index contributed by atoms with van der Waals surface area (Å²) < 4.78 is 0. The minimum absolute atomic E-state index is 0.235. The molecule has 0 rings (SSSR count). The molecule has 0 amide bonds. The summed E-state index contributed by atoms with van der Waals surface area (Å²) in [5, 5.41) is 11.9. The van der Waals surface area contributed by atoms with Crippen LogP contribution in [-0.2, 0) is 0 Å². The summed E-state index contributed by atoms with van der Waals surface area (Å²) in [5.74, 6) is 0.308. The van der Waals surface area contributed by atoms with Gasteiger partial charge in [0.05, 0.1) is 0 Å². The summed E-state index contributed by atoms with van der Waals surface area (Å²) >= 11 is 0. The Kier molecular flexibility index (Phi) is 5.03. The SMILES string of the molecule is C=CN[C@@H](CC)[C@H](C)CO. The largest absolute Gasteiger partial charge is 0.396 e. The molecular formula is C8H17NO. The van der Waals surface area contributed by atoms with Crippen molar-refractivity contribution >= 4 is 0 Å². The molecule has 2 atom stereocenters. The van der Waals surface area contributed by atoms with Gasteiger partial charge in [-0.25, -0.2) is 0 Å². The van der Waals surface area contributed by atoms with Gasteiger partial charge < -0.3 is 10.4 Å². The summed E-state index contributed by atoms with van der Waals surface area (Å²) in [6, 6.07) is 0.363. The highest BCUT2D eigenvalue weighted by atomic mass is 16.3. The first-order chi connectivity index (χ1) is 4.76. The van der Waals surface area contributed by atoms with Crippen LogP contribution in [0.25, 0.3) is 0 Å². The zero-order chi connectivity index (χ0) is 7.98. The minimum atomic E-state index is 0.235. The first-order valence-electron chi connectivity index (χ1n) is 3.74. The zero-order valence-corrected chi connectivity index (χ0v) is 6.80. The van der Waals surface area contributed by atoms with Crippen LogP contribution in [0.5, 0.6) is 0 Å². The van der Waals surface area contributed by atoms with Crippen LogP contribution >= 0.6 is 0 Å². The van der Waals surface area contributed by atoms with Crippen LogP contribution in [0.2, 0.25) is 0 Å². The van der Waals surface area contributed by atoms with E-state index in [4.69, 9.17) is 5.11 Å². The number of nitrogens with one attached hydrogen (secondary N) is 1. The average molecular weight is 143 g/mol. The predicted octanol–water partition coefficient (Wildman–Crippen LogP) is 1.13. The van der Waals surface area contributed by atoms with E-state index in [-0.39, 0.29) is 6.61 Å². The van der Waals surface area contributed by atoms with E-state index in [9.17, 15) is 0 Å². The van der Waals surface area contributed by atoms with E-state index >= 15 is 0 Å². The fourth-order valence-electron chi connectivity index (χ4n) is 0.963. The maximum Gasteiger partial charge on any atom is 0.0476 e. The Bertz CT molecular complexity index is 93.3. The molecule has 0 heterocycles. The highest BCUT2D eigenvalue weighted by Gasteiger charge is 2.11. The van der Waals surface area contributed by atoms with E-state index in [2.05, 4.69) is 18.8 Å². The van der Waals surface area contributed by atoms with Crippen molar-refractivity contribution in [2.45, 2.75) is 26.3 Å². The van der Waals surface area contributed by atoms with Gasteiger partial charge in [-0.15, -0.1) is 0 Å². The summed E-state index contributed by atoms with van der Waals surface area (Å²) in [6.45, 7) is 7.92. The van der Waals surface area contributed by atoms with Crippen molar-refractivity contribution in [3.05, 3.63) is 12.8 Å². The second-order valence-electron chi connectivity index (χ2n) is 2.55. The normalized spacial score (nSPS) is 15.9. The van der Waals surface area contributed by atoms with Gasteiger partial charge in [-0.05, 0) is 18.5 Å². The lowest BCUT2D eigenvalue weighted by molar-refractivity contribution is 0.205. The van der Waals surface area contributed by atoms with Crippen LogP contribution in [0.3, 0.4) is 0 Å². The summed E-state index contributed by atoms with van der Waals surface area (Å²) in [6.07, 6.45) is 2.70. The van der Waals surface area contributed by atoms with Crippen molar-refractivity contribution in [2.75, 3.05) is 6.61 Å². The molecule has 2 heteroatoms. The fraction of sp³-hybridized carbons (Fsp3) is 0.750. The van der Waals surface area contributed by atoms with Crippen LogP contribution in [-0.4, -0.2) is 17.8 Å². The Morgan fingerprint density at radius 2 is 2.30 bits per heavy atom. The average Bonchev–Trinajstić information content (AvgIpc) is 1.99. The summed E-state index contributed by atoms with van der Waals surface area (Å²) in [7, 11) is 0. The number of aliphatic hydroxyl groups is 1. The highest BCUT2D eigenvalue weighted by Crippen LogP contribution is 2.04. The van der Waals surface area contributed by atoms with Crippen molar-refractivity contribution in [1.82, 2.24) is 5.32 Å². The Morgan fingerprint density at radius 3 is 2.60 bits per heavy atom. The second kappa shape index (κ2) is 5.30. The number of aliphatic hydroxyl groups excluding tert-OH is 1. The van der Waals surface area contributed by atoms with Crippen LogP contribution < -0.4 is 5.32 Å². The van der Waals surface area contributed by atoms with Crippen LogP contribution in [0.1, 0.15) is 20.3 Å². The monoisotopic (exact) mass is 143 g/mol. The molecule has 0 spiro atoms. The number of hydrogen-bond acceptors (Lipinski definition) is 2. The third kappa shape index (κ3) is 2.87. The van der Waals surface area contributed by atoms with E-state index in [1.807, 2.05) is 6.92 Å². The second-order valence-corrected chi connectivity index (χ2v) is 2.55. The maximum absolute atomic E-state index is 8.79. The number of rotatable bonds is 5. The minimum Gasteiger partial charge on any atom is -0.396 e. The molecule has 0 fully saturated rings. The van der Waals surface area contributed by atoms with Crippen molar-refractivity contribution in [1.29, 1.82) is 0 Å². The molecule has 0 aromatic carbocycles. The van der Waals surface area contributed by atoms with Crippen molar-refractivity contribution in [2.24, 2.45) is 5.92 Å². The van der Waals surface area contributed by atoms with Gasteiger partial charge in [-0.2, -0.15) is 0 Å². The smallest absolute Gasteiger partial charge is 0.0476 e. The lowest BCUT2D eigenvalue weighted by atomic mass is 10.0. The van der Waals surface area contributed by atoms with E-state index in [1.165, 1.54) is 0 Å². The molecule has 0 aliphatic carbocycles. The molecule has 2 nitrogen and oxygen atoms in total. The molecule has 0 aromatic heterocycles. The van der Waals surface area contributed by atoms with Crippen molar-refractivity contribution in [3.8, 4) is 0 Å². The topological polar surface area (TPSA) is 32.3 Å². The van der Waals surface area contributed by atoms with Crippen LogP contribution in [0, 0.1) is 5.92 Å². The molecule has 0 bridgehead atoms. The standard InChI is InChI=1S/C8H17NO/c1-4-8(9-5-2)7(3)6-10/h5,7-10H,2,4,6H2,1,3H3/t7-,8+/m1/s1. The van der Waals surface area contributed by atoms with Gasteiger partial charge in [0.2, 0.25) is 0 Å². The quantitative estimate of drug-likeness (QED) is 0.604. The van der Waals surface area contributed by atoms with Crippen molar-refractivity contribution in [3.63, 3.8) is 0 Å². The molecule has 0 saturated carbocycles. The summed E-state index contributed by atoms with van der Waals surface area (Å²) in [4.78, 5) is 0. The highest BCUT2D eigenvalue weighted by molar-refractivity contribution is 4.76. The van der Waals surface area contributed by atoms with Gasteiger partial charge in [0.1, 0.15) is 0 Å². The fourth-order valence-corrected chi connectivity index (χ4v) is 0.963. The number of hydrogen-bond donors (Lipinski definition) is 2. The first kappa shape index (κ1) is 9.50. The lowest BCUT2D eigenvalue weighted by Gasteiger charge is -2.20.